The van der Waals surface area contributed by atoms with Crippen LogP contribution in [0.4, 0.5) is 0 Å². The molecule has 0 aromatic rings. The van der Waals surface area contributed by atoms with Crippen molar-refractivity contribution < 1.29 is 32.9 Å². The molecule has 344 valence electrons. The van der Waals surface area contributed by atoms with Crippen LogP contribution in [0.5, 0.6) is 0 Å². The number of phosphoric ester groups is 1. The molecule has 0 aliphatic heterocycles. The Labute approximate surface area is 360 Å². The molecule has 0 radical (unpaired) electrons. The molecule has 3 atom stereocenters. The number of unbranched alkanes of at least 4 members (excludes halogenated alkanes) is 30. The standard InChI is InChI=1S/C49H97N2O6P/c1-6-8-10-12-14-16-18-19-20-21-22-23-24-25-26-27-28-29-30-31-32-33-34-36-38-40-42-48(52)47(46-57-58(54,55)56-45-44-51(3,4)5)50-49(53)43-41-39-37-35-17-15-13-11-9-7-2/h11,13,40,42,47-48,52H,6-10,12,14-39,41,43-46H2,1-5H3,(H-,50,53,54,55)/b13-11-,42-40+. The zero-order valence-electron chi connectivity index (χ0n) is 39.0. The molecule has 0 fully saturated rings. The van der Waals surface area contributed by atoms with Crippen LogP contribution >= 0.6 is 7.82 Å². The van der Waals surface area contributed by atoms with Gasteiger partial charge >= 0.3 is 0 Å². The van der Waals surface area contributed by atoms with Crippen LogP contribution in [0.1, 0.15) is 232 Å². The summed E-state index contributed by atoms with van der Waals surface area (Å²) in [5.41, 5.74) is 0. The lowest BCUT2D eigenvalue weighted by Gasteiger charge is -2.29. The van der Waals surface area contributed by atoms with Crippen LogP contribution in [0.2, 0.25) is 0 Å². The van der Waals surface area contributed by atoms with Gasteiger partial charge in [-0.1, -0.05) is 212 Å². The maximum Gasteiger partial charge on any atom is 0.268 e. The maximum absolute atomic E-state index is 12.8. The Hall–Kier alpha value is -1.02. The average Bonchev–Trinajstić information content (AvgIpc) is 3.17. The molecule has 1 amide bonds. The second-order valence-corrected chi connectivity index (χ2v) is 19.6. The van der Waals surface area contributed by atoms with E-state index in [1.807, 2.05) is 27.2 Å². The van der Waals surface area contributed by atoms with E-state index in [1.165, 1.54) is 148 Å². The number of aliphatic hydroxyl groups excluding tert-OH is 1. The van der Waals surface area contributed by atoms with Gasteiger partial charge in [0, 0.05) is 6.42 Å². The van der Waals surface area contributed by atoms with E-state index < -0.39 is 20.0 Å². The molecule has 0 bridgehead atoms. The van der Waals surface area contributed by atoms with Crippen molar-refractivity contribution in [1.82, 2.24) is 5.32 Å². The monoisotopic (exact) mass is 841 g/mol. The second-order valence-electron chi connectivity index (χ2n) is 18.2. The van der Waals surface area contributed by atoms with Crippen LogP contribution in [0, 0.1) is 0 Å². The van der Waals surface area contributed by atoms with E-state index in [0.29, 0.717) is 17.4 Å². The smallest absolute Gasteiger partial charge is 0.268 e. The Balaban J connectivity index is 4.16. The quantitative estimate of drug-likeness (QED) is 0.0274. The molecule has 58 heavy (non-hydrogen) atoms. The summed E-state index contributed by atoms with van der Waals surface area (Å²) in [5.74, 6) is -0.208. The van der Waals surface area contributed by atoms with Crippen LogP contribution in [0.3, 0.4) is 0 Å². The van der Waals surface area contributed by atoms with Crippen molar-refractivity contribution in [3.05, 3.63) is 24.3 Å². The van der Waals surface area contributed by atoms with Gasteiger partial charge in [-0.15, -0.1) is 0 Å². The molecule has 0 saturated heterocycles. The minimum Gasteiger partial charge on any atom is -0.756 e. The van der Waals surface area contributed by atoms with E-state index in [9.17, 15) is 19.4 Å². The second kappa shape index (κ2) is 41.3. The van der Waals surface area contributed by atoms with Crippen LogP contribution < -0.4 is 10.2 Å². The number of allylic oxidation sites excluding steroid dienone is 3. The van der Waals surface area contributed by atoms with Gasteiger partial charge in [-0.05, 0) is 38.5 Å². The number of phosphoric acid groups is 1. The number of amides is 1. The van der Waals surface area contributed by atoms with Crippen molar-refractivity contribution in [2.75, 3.05) is 40.9 Å². The SMILES string of the molecule is CCC/C=C\CCCCCCCC(=O)NC(COP(=O)([O-])OCC[N+](C)(C)C)C(O)/C=C/CCCCCCCCCCCCCCCCCCCCCCCCCC. The predicted molar refractivity (Wildman–Crippen MR) is 247 cm³/mol. The number of aliphatic hydroxyl groups is 1. The Morgan fingerprint density at radius 1 is 0.586 bits per heavy atom. The van der Waals surface area contributed by atoms with Crippen LogP contribution in [0.15, 0.2) is 24.3 Å². The van der Waals surface area contributed by atoms with Crippen molar-refractivity contribution in [2.24, 2.45) is 0 Å². The van der Waals surface area contributed by atoms with Crippen molar-refractivity contribution in [3.63, 3.8) is 0 Å². The third-order valence-electron chi connectivity index (χ3n) is 11.1. The highest BCUT2D eigenvalue weighted by atomic mass is 31.2. The molecule has 0 rings (SSSR count). The molecule has 0 heterocycles. The number of rotatable bonds is 45. The zero-order valence-corrected chi connectivity index (χ0v) is 39.9. The summed E-state index contributed by atoms with van der Waals surface area (Å²) in [6, 6.07) is -0.887. The number of hydrogen-bond acceptors (Lipinski definition) is 6. The minimum atomic E-state index is -4.59. The highest BCUT2D eigenvalue weighted by Gasteiger charge is 2.23. The Morgan fingerprint density at radius 3 is 1.41 bits per heavy atom. The first-order chi connectivity index (χ1) is 28.0. The summed E-state index contributed by atoms with van der Waals surface area (Å²) in [5, 5.41) is 13.8. The first-order valence-corrected chi connectivity index (χ1v) is 26.2. The number of likely N-dealkylation sites (N-methyl/N-ethyl adjacent to an activating group) is 1. The normalized spacial score (nSPS) is 14.4. The fraction of sp³-hybridized carbons (Fsp3) is 0.898. The average molecular weight is 841 g/mol. The lowest BCUT2D eigenvalue weighted by atomic mass is 10.0. The molecule has 3 unspecified atom stereocenters. The Bertz CT molecular complexity index is 1000. The topological polar surface area (TPSA) is 108 Å². The number of quaternary nitrogens is 1. The van der Waals surface area contributed by atoms with Gasteiger partial charge in [0.05, 0.1) is 39.9 Å². The van der Waals surface area contributed by atoms with Gasteiger partial charge in [0.1, 0.15) is 13.2 Å². The number of nitrogens with zero attached hydrogens (tertiary/aromatic N) is 1. The summed E-state index contributed by atoms with van der Waals surface area (Å²) < 4.78 is 23.2. The molecule has 0 aliphatic rings. The summed E-state index contributed by atoms with van der Waals surface area (Å²) in [6.07, 6.45) is 49.7. The molecule has 8 nitrogen and oxygen atoms in total. The van der Waals surface area contributed by atoms with E-state index in [-0.39, 0.29) is 19.1 Å². The summed E-state index contributed by atoms with van der Waals surface area (Å²) in [6.45, 7) is 4.59. The van der Waals surface area contributed by atoms with Gasteiger partial charge in [0.15, 0.2) is 0 Å². The highest BCUT2D eigenvalue weighted by Crippen LogP contribution is 2.38. The summed E-state index contributed by atoms with van der Waals surface area (Å²) >= 11 is 0. The van der Waals surface area contributed by atoms with Gasteiger partial charge in [-0.25, -0.2) is 0 Å². The minimum absolute atomic E-state index is 0.00161. The largest absolute Gasteiger partial charge is 0.756 e. The molecular formula is C49H97N2O6P. The first kappa shape index (κ1) is 57.0. The molecule has 0 saturated carbocycles. The third kappa shape index (κ3) is 43.1. The third-order valence-corrected chi connectivity index (χ3v) is 12.1. The highest BCUT2D eigenvalue weighted by molar-refractivity contribution is 7.45. The molecular weight excluding hydrogens is 744 g/mol. The van der Waals surface area contributed by atoms with Crippen molar-refractivity contribution >= 4 is 13.7 Å². The van der Waals surface area contributed by atoms with Gasteiger partial charge < -0.3 is 28.8 Å². The van der Waals surface area contributed by atoms with Gasteiger partial charge in [0.25, 0.3) is 7.82 Å². The van der Waals surface area contributed by atoms with Crippen molar-refractivity contribution in [2.45, 2.75) is 244 Å². The number of carbonyl (C=O) groups is 1. The van der Waals surface area contributed by atoms with E-state index in [0.717, 1.165) is 64.2 Å². The molecule has 0 aromatic carbocycles. The van der Waals surface area contributed by atoms with Crippen LogP contribution in [0.25, 0.3) is 0 Å². The lowest BCUT2D eigenvalue weighted by molar-refractivity contribution is -0.870. The summed E-state index contributed by atoms with van der Waals surface area (Å²) in [4.78, 5) is 25.2. The molecule has 2 N–H and O–H groups in total. The molecule has 9 heteroatoms. The van der Waals surface area contributed by atoms with E-state index >= 15 is 0 Å². The van der Waals surface area contributed by atoms with E-state index in [2.05, 4.69) is 31.3 Å². The van der Waals surface area contributed by atoms with E-state index in [1.54, 1.807) is 6.08 Å². The Kier molecular flexibility index (Phi) is 40.6. The number of hydrogen-bond donors (Lipinski definition) is 2. The van der Waals surface area contributed by atoms with Crippen molar-refractivity contribution in [3.8, 4) is 0 Å². The van der Waals surface area contributed by atoms with Gasteiger partial charge in [-0.3, -0.25) is 9.36 Å². The van der Waals surface area contributed by atoms with Crippen LogP contribution in [-0.4, -0.2) is 68.5 Å². The molecule has 0 spiro atoms. The van der Waals surface area contributed by atoms with Crippen LogP contribution in [-0.2, 0) is 18.4 Å². The fourth-order valence-corrected chi connectivity index (χ4v) is 7.94. The fourth-order valence-electron chi connectivity index (χ4n) is 7.21. The van der Waals surface area contributed by atoms with Gasteiger partial charge in [0.2, 0.25) is 5.91 Å². The lowest BCUT2D eigenvalue weighted by Crippen LogP contribution is -2.45. The number of carbonyl (C=O) groups excluding carboxylic acids is 1. The molecule has 0 aromatic heterocycles. The summed E-state index contributed by atoms with van der Waals surface area (Å²) in [7, 11) is 1.26. The zero-order chi connectivity index (χ0) is 42.8. The predicted octanol–water partition coefficient (Wildman–Crippen LogP) is 13.5. The van der Waals surface area contributed by atoms with Gasteiger partial charge in [-0.2, -0.15) is 0 Å². The number of nitrogens with one attached hydrogen (secondary N) is 1. The molecule has 0 aliphatic carbocycles. The Morgan fingerprint density at radius 2 is 0.983 bits per heavy atom. The van der Waals surface area contributed by atoms with Crippen molar-refractivity contribution in [1.29, 1.82) is 0 Å². The van der Waals surface area contributed by atoms with E-state index in [4.69, 9.17) is 9.05 Å². The first-order valence-electron chi connectivity index (χ1n) is 24.7. The maximum atomic E-state index is 12.8.